The molecule has 1 saturated heterocycles. The number of hydrogen-bond donors (Lipinski definition) is 1. The summed E-state index contributed by atoms with van der Waals surface area (Å²) >= 11 is 0. The number of rotatable bonds is 6. The van der Waals surface area contributed by atoms with Crippen molar-refractivity contribution in [2.45, 2.75) is 32.9 Å². The van der Waals surface area contributed by atoms with Gasteiger partial charge in [0.25, 0.3) is 5.91 Å². The van der Waals surface area contributed by atoms with Crippen molar-refractivity contribution in [1.82, 2.24) is 10.3 Å². The van der Waals surface area contributed by atoms with E-state index in [2.05, 4.69) is 10.3 Å². The first-order valence-corrected chi connectivity index (χ1v) is 11.0. The highest BCUT2D eigenvalue weighted by molar-refractivity contribution is 7.91. The van der Waals surface area contributed by atoms with Gasteiger partial charge in [-0.1, -0.05) is 29.8 Å². The van der Waals surface area contributed by atoms with Crippen molar-refractivity contribution >= 4 is 21.6 Å². The molecule has 0 bridgehead atoms. The first-order chi connectivity index (χ1) is 12.9. The number of pyridine rings is 1. The highest BCUT2D eigenvalue weighted by Gasteiger charge is 2.32. The van der Waals surface area contributed by atoms with E-state index in [9.17, 15) is 13.2 Å². The lowest BCUT2D eigenvalue weighted by atomic mass is 10.1. The number of aryl methyl sites for hydroxylation is 1. The van der Waals surface area contributed by atoms with Gasteiger partial charge in [0, 0.05) is 25.3 Å². The average molecular weight is 388 g/mol. The maximum Gasteiger partial charge on any atom is 0.253 e. The number of benzene rings is 1. The Morgan fingerprint density at radius 2 is 1.96 bits per heavy atom. The van der Waals surface area contributed by atoms with Crippen LogP contribution in [0.3, 0.4) is 0 Å². The summed E-state index contributed by atoms with van der Waals surface area (Å²) < 4.78 is 23.5. The molecule has 7 heteroatoms. The summed E-state index contributed by atoms with van der Waals surface area (Å²) in [6.07, 6.45) is 2.17. The Morgan fingerprint density at radius 1 is 1.22 bits per heavy atom. The molecule has 1 N–H and O–H groups in total. The molecule has 0 aliphatic carbocycles. The van der Waals surface area contributed by atoms with Gasteiger partial charge in [-0.2, -0.15) is 0 Å². The molecule has 0 saturated carbocycles. The van der Waals surface area contributed by atoms with E-state index in [1.165, 1.54) is 5.56 Å². The minimum Gasteiger partial charge on any atom is -0.353 e. The summed E-state index contributed by atoms with van der Waals surface area (Å²) in [6, 6.07) is 11.5. The van der Waals surface area contributed by atoms with Crippen molar-refractivity contribution in [2.75, 3.05) is 23.0 Å². The Labute approximate surface area is 160 Å². The molecule has 1 aliphatic rings. The van der Waals surface area contributed by atoms with Crippen molar-refractivity contribution in [3.8, 4) is 0 Å². The first-order valence-electron chi connectivity index (χ1n) is 9.15. The van der Waals surface area contributed by atoms with Gasteiger partial charge in [0.1, 0.15) is 5.82 Å². The van der Waals surface area contributed by atoms with Crippen LogP contribution in [0.25, 0.3) is 0 Å². The predicted molar refractivity (Wildman–Crippen MR) is 107 cm³/mol. The Balaban J connectivity index is 1.63. The van der Waals surface area contributed by atoms with Crippen molar-refractivity contribution in [2.24, 2.45) is 0 Å². The molecule has 2 heterocycles. The van der Waals surface area contributed by atoms with Crippen molar-refractivity contribution < 1.29 is 13.2 Å². The van der Waals surface area contributed by atoms with Gasteiger partial charge in [0.05, 0.1) is 17.1 Å². The van der Waals surface area contributed by atoms with Crippen molar-refractivity contribution in [3.05, 3.63) is 59.3 Å². The second-order valence-corrected chi connectivity index (χ2v) is 9.14. The molecule has 1 atom stereocenters. The lowest BCUT2D eigenvalue weighted by molar-refractivity contribution is 0.0950. The predicted octanol–water partition coefficient (Wildman–Crippen LogP) is 2.33. The maximum atomic E-state index is 12.3. The Hall–Kier alpha value is -2.41. The number of amides is 1. The van der Waals surface area contributed by atoms with E-state index in [1.807, 2.05) is 43.0 Å². The molecular formula is C20H25N3O3S. The summed E-state index contributed by atoms with van der Waals surface area (Å²) in [5.41, 5.74) is 2.71. The third kappa shape index (κ3) is 4.86. The van der Waals surface area contributed by atoms with Crippen LogP contribution in [0.1, 0.15) is 34.8 Å². The smallest absolute Gasteiger partial charge is 0.253 e. The molecule has 1 aromatic heterocycles. The van der Waals surface area contributed by atoms with Crippen LogP contribution in [0.4, 0.5) is 5.82 Å². The van der Waals surface area contributed by atoms with E-state index in [0.717, 1.165) is 5.56 Å². The lowest BCUT2D eigenvalue weighted by Gasteiger charge is -2.27. The highest BCUT2D eigenvalue weighted by atomic mass is 32.2. The summed E-state index contributed by atoms with van der Waals surface area (Å²) in [5, 5.41) is 2.89. The second-order valence-electron chi connectivity index (χ2n) is 6.92. The van der Waals surface area contributed by atoms with Gasteiger partial charge in [-0.25, -0.2) is 13.4 Å². The second kappa shape index (κ2) is 8.08. The zero-order valence-electron chi connectivity index (χ0n) is 15.7. The van der Waals surface area contributed by atoms with E-state index in [1.54, 1.807) is 18.3 Å². The van der Waals surface area contributed by atoms with E-state index < -0.39 is 9.84 Å². The number of carbonyl (C=O) groups is 1. The van der Waals surface area contributed by atoms with Crippen LogP contribution >= 0.6 is 0 Å². The summed E-state index contributed by atoms with van der Waals surface area (Å²) in [7, 11) is -2.95. The number of nitrogens with zero attached hydrogens (tertiary/aromatic N) is 2. The molecule has 6 nitrogen and oxygen atoms in total. The van der Waals surface area contributed by atoms with Gasteiger partial charge >= 0.3 is 0 Å². The molecule has 3 rings (SSSR count). The maximum absolute atomic E-state index is 12.3. The van der Waals surface area contributed by atoms with E-state index in [4.69, 9.17) is 0 Å². The minimum absolute atomic E-state index is 0.0475. The molecule has 1 amide bonds. The Morgan fingerprint density at radius 3 is 2.52 bits per heavy atom. The number of nitrogens with one attached hydrogen (secondary N) is 1. The number of sulfone groups is 1. The van der Waals surface area contributed by atoms with E-state index in [0.29, 0.717) is 30.9 Å². The summed E-state index contributed by atoms with van der Waals surface area (Å²) in [5.74, 6) is 0.922. The Bertz CT molecular complexity index is 893. The fourth-order valence-corrected chi connectivity index (χ4v) is 5.04. The molecule has 0 radical (unpaired) electrons. The fourth-order valence-electron chi connectivity index (χ4n) is 3.31. The number of carbonyl (C=O) groups excluding carboxylic acids is 1. The van der Waals surface area contributed by atoms with Gasteiger partial charge < -0.3 is 10.2 Å². The van der Waals surface area contributed by atoms with Crippen LogP contribution < -0.4 is 10.2 Å². The molecule has 0 spiro atoms. The monoisotopic (exact) mass is 387 g/mol. The SMILES string of the molecule is CCN(c1ccc(C(=O)NCc2ccc(C)cc2)cn1)C1CCS(=O)(=O)C1. The molecule has 2 aromatic rings. The van der Waals surface area contributed by atoms with Crippen LogP contribution in [0.2, 0.25) is 0 Å². The van der Waals surface area contributed by atoms with Crippen LogP contribution in [0.15, 0.2) is 42.6 Å². The molecule has 1 aliphatic heterocycles. The van der Waals surface area contributed by atoms with E-state index >= 15 is 0 Å². The molecule has 27 heavy (non-hydrogen) atoms. The van der Waals surface area contributed by atoms with Gasteiger partial charge in [-0.05, 0) is 38.0 Å². The van der Waals surface area contributed by atoms with Crippen LogP contribution in [-0.4, -0.2) is 43.4 Å². The number of hydrogen-bond acceptors (Lipinski definition) is 5. The van der Waals surface area contributed by atoms with Crippen LogP contribution in [0.5, 0.6) is 0 Å². The highest BCUT2D eigenvalue weighted by Crippen LogP contribution is 2.22. The largest absolute Gasteiger partial charge is 0.353 e. The fraction of sp³-hybridized carbons (Fsp3) is 0.400. The minimum atomic E-state index is -2.95. The van der Waals surface area contributed by atoms with Gasteiger partial charge in [0.2, 0.25) is 0 Å². The third-order valence-electron chi connectivity index (χ3n) is 4.87. The van der Waals surface area contributed by atoms with Crippen LogP contribution in [0, 0.1) is 6.92 Å². The molecule has 1 aromatic carbocycles. The topological polar surface area (TPSA) is 79.4 Å². The van der Waals surface area contributed by atoms with Gasteiger partial charge in [-0.15, -0.1) is 0 Å². The standard InChI is InChI=1S/C20H25N3O3S/c1-3-23(18-10-11-27(25,26)14-18)19-9-8-17(13-21-19)20(24)22-12-16-6-4-15(2)5-7-16/h4-9,13,18H,3,10-12,14H2,1-2H3,(H,22,24). The number of anilines is 1. The van der Waals surface area contributed by atoms with E-state index in [-0.39, 0.29) is 23.5 Å². The normalized spacial score (nSPS) is 18.2. The average Bonchev–Trinajstić information content (AvgIpc) is 3.02. The zero-order chi connectivity index (χ0) is 19.4. The first kappa shape index (κ1) is 19.4. The Kier molecular flexibility index (Phi) is 5.79. The molecule has 144 valence electrons. The zero-order valence-corrected chi connectivity index (χ0v) is 16.5. The number of aromatic nitrogens is 1. The van der Waals surface area contributed by atoms with Crippen molar-refractivity contribution in [1.29, 1.82) is 0 Å². The lowest BCUT2D eigenvalue weighted by Crippen LogP contribution is -2.36. The summed E-state index contributed by atoms with van der Waals surface area (Å²) in [6.45, 7) is 5.14. The third-order valence-corrected chi connectivity index (χ3v) is 6.62. The van der Waals surface area contributed by atoms with Crippen molar-refractivity contribution in [3.63, 3.8) is 0 Å². The quantitative estimate of drug-likeness (QED) is 0.823. The van der Waals surface area contributed by atoms with Crippen LogP contribution in [-0.2, 0) is 16.4 Å². The van der Waals surface area contributed by atoms with Gasteiger partial charge in [0.15, 0.2) is 9.84 Å². The molecule has 1 unspecified atom stereocenters. The summed E-state index contributed by atoms with van der Waals surface area (Å²) in [4.78, 5) is 18.7. The molecule has 1 fully saturated rings. The van der Waals surface area contributed by atoms with Gasteiger partial charge in [-0.3, -0.25) is 4.79 Å². The molecular weight excluding hydrogens is 362 g/mol.